The van der Waals surface area contributed by atoms with Crippen molar-refractivity contribution in [1.29, 1.82) is 0 Å². The molecule has 1 atom stereocenters. The molecule has 0 aliphatic rings. The van der Waals surface area contributed by atoms with E-state index in [1.165, 1.54) is 0 Å². The van der Waals surface area contributed by atoms with Crippen molar-refractivity contribution in [2.24, 2.45) is 0 Å². The van der Waals surface area contributed by atoms with Crippen LogP contribution in [0.3, 0.4) is 0 Å². The lowest BCUT2D eigenvalue weighted by atomic mass is 10.0. The summed E-state index contributed by atoms with van der Waals surface area (Å²) in [5.74, 6) is 0.0605. The fraction of sp³-hybridized carbons (Fsp3) is 0.188. The fourth-order valence-corrected chi connectivity index (χ4v) is 1.85. The van der Waals surface area contributed by atoms with Crippen molar-refractivity contribution in [2.45, 2.75) is 19.4 Å². The van der Waals surface area contributed by atoms with Crippen molar-refractivity contribution in [1.82, 2.24) is 5.32 Å². The minimum atomic E-state index is -0.168. The van der Waals surface area contributed by atoms with Crippen LogP contribution in [0.1, 0.15) is 24.0 Å². The molecule has 3 nitrogen and oxygen atoms in total. The van der Waals surface area contributed by atoms with Crippen molar-refractivity contribution >= 4 is 5.91 Å². The number of amides is 1. The topological polar surface area (TPSA) is 49.3 Å². The summed E-state index contributed by atoms with van der Waals surface area (Å²) in [5.41, 5.74) is 1.97. The second-order valence-electron chi connectivity index (χ2n) is 4.52. The van der Waals surface area contributed by atoms with Gasteiger partial charge in [0.1, 0.15) is 5.75 Å². The number of carbonyl (C=O) groups excluding carboxylic acids is 1. The van der Waals surface area contributed by atoms with Gasteiger partial charge in [0.25, 0.3) is 0 Å². The van der Waals surface area contributed by atoms with E-state index in [1.807, 2.05) is 37.3 Å². The van der Waals surface area contributed by atoms with Crippen LogP contribution >= 0.6 is 0 Å². The number of aromatic hydroxyl groups is 1. The van der Waals surface area contributed by atoms with Crippen LogP contribution in [-0.4, -0.2) is 11.0 Å². The van der Waals surface area contributed by atoms with Gasteiger partial charge in [0.2, 0.25) is 5.91 Å². The Labute approximate surface area is 112 Å². The van der Waals surface area contributed by atoms with E-state index < -0.39 is 0 Å². The Kier molecular flexibility index (Phi) is 4.18. The predicted molar refractivity (Wildman–Crippen MR) is 74.8 cm³/mol. The summed E-state index contributed by atoms with van der Waals surface area (Å²) in [6, 6.07) is 16.5. The molecular formula is C16H17NO2. The number of benzene rings is 2. The standard InChI is InChI=1S/C16H17NO2/c1-12(14-5-3-2-4-6-14)16(19)17-11-13-7-9-15(18)10-8-13/h2-10,12,18H,11H2,1H3,(H,17,19). The lowest BCUT2D eigenvalue weighted by Crippen LogP contribution is -2.27. The summed E-state index contributed by atoms with van der Waals surface area (Å²) in [4.78, 5) is 12.0. The van der Waals surface area contributed by atoms with Gasteiger partial charge in [-0.1, -0.05) is 42.5 Å². The lowest BCUT2D eigenvalue weighted by molar-refractivity contribution is -0.122. The van der Waals surface area contributed by atoms with Crippen LogP contribution in [0, 0.1) is 0 Å². The van der Waals surface area contributed by atoms with Gasteiger partial charge in [0.05, 0.1) is 5.92 Å². The van der Waals surface area contributed by atoms with Crippen LogP contribution in [0.5, 0.6) is 5.75 Å². The molecule has 0 fully saturated rings. The monoisotopic (exact) mass is 255 g/mol. The molecule has 19 heavy (non-hydrogen) atoms. The highest BCUT2D eigenvalue weighted by Gasteiger charge is 2.13. The Morgan fingerprint density at radius 1 is 1.11 bits per heavy atom. The van der Waals surface area contributed by atoms with E-state index in [0.717, 1.165) is 11.1 Å². The predicted octanol–water partition coefficient (Wildman–Crippen LogP) is 2.81. The van der Waals surface area contributed by atoms with Crippen molar-refractivity contribution in [2.75, 3.05) is 0 Å². The van der Waals surface area contributed by atoms with Gasteiger partial charge in [0, 0.05) is 6.54 Å². The van der Waals surface area contributed by atoms with E-state index in [1.54, 1.807) is 24.3 Å². The van der Waals surface area contributed by atoms with Gasteiger partial charge in [0.15, 0.2) is 0 Å². The van der Waals surface area contributed by atoms with Gasteiger partial charge in [-0.15, -0.1) is 0 Å². The largest absolute Gasteiger partial charge is 0.508 e. The van der Waals surface area contributed by atoms with Crippen molar-refractivity contribution < 1.29 is 9.90 Å². The molecule has 1 amide bonds. The van der Waals surface area contributed by atoms with Gasteiger partial charge >= 0.3 is 0 Å². The Bertz CT molecular complexity index is 534. The van der Waals surface area contributed by atoms with Gasteiger partial charge in [-0.3, -0.25) is 4.79 Å². The Hall–Kier alpha value is -2.29. The first-order valence-corrected chi connectivity index (χ1v) is 6.27. The average Bonchev–Trinajstić information content (AvgIpc) is 2.46. The minimum absolute atomic E-state index is 0.000671. The normalized spacial score (nSPS) is 11.8. The molecule has 98 valence electrons. The summed E-state index contributed by atoms with van der Waals surface area (Å²) >= 11 is 0. The van der Waals surface area contributed by atoms with Crippen molar-refractivity contribution in [3.8, 4) is 5.75 Å². The fourth-order valence-electron chi connectivity index (χ4n) is 1.85. The SMILES string of the molecule is CC(C(=O)NCc1ccc(O)cc1)c1ccccc1. The minimum Gasteiger partial charge on any atom is -0.508 e. The maximum Gasteiger partial charge on any atom is 0.227 e. The van der Waals surface area contributed by atoms with Crippen LogP contribution in [0.25, 0.3) is 0 Å². The highest BCUT2D eigenvalue weighted by atomic mass is 16.3. The molecule has 0 spiro atoms. The maximum atomic E-state index is 12.0. The third kappa shape index (κ3) is 3.58. The quantitative estimate of drug-likeness (QED) is 0.882. The van der Waals surface area contributed by atoms with E-state index in [-0.39, 0.29) is 17.6 Å². The summed E-state index contributed by atoms with van der Waals surface area (Å²) in [7, 11) is 0. The van der Waals surface area contributed by atoms with Crippen LogP contribution in [0.4, 0.5) is 0 Å². The van der Waals surface area contributed by atoms with E-state index in [2.05, 4.69) is 5.32 Å². The second kappa shape index (κ2) is 6.05. The van der Waals surface area contributed by atoms with Gasteiger partial charge in [-0.2, -0.15) is 0 Å². The molecule has 2 aromatic carbocycles. The van der Waals surface area contributed by atoms with Crippen LogP contribution in [-0.2, 0) is 11.3 Å². The van der Waals surface area contributed by atoms with E-state index in [0.29, 0.717) is 6.54 Å². The van der Waals surface area contributed by atoms with Crippen LogP contribution in [0.15, 0.2) is 54.6 Å². The molecule has 3 heteroatoms. The molecule has 1 unspecified atom stereocenters. The Balaban J connectivity index is 1.93. The molecule has 0 radical (unpaired) electrons. The molecule has 2 N–H and O–H groups in total. The zero-order valence-corrected chi connectivity index (χ0v) is 10.8. The Morgan fingerprint density at radius 3 is 2.37 bits per heavy atom. The molecule has 0 aliphatic heterocycles. The third-order valence-electron chi connectivity index (χ3n) is 3.10. The molecule has 0 heterocycles. The number of nitrogens with one attached hydrogen (secondary N) is 1. The van der Waals surface area contributed by atoms with Gasteiger partial charge < -0.3 is 10.4 Å². The molecule has 0 saturated heterocycles. The molecule has 2 aromatic rings. The molecule has 0 aliphatic carbocycles. The second-order valence-corrected chi connectivity index (χ2v) is 4.52. The summed E-state index contributed by atoms with van der Waals surface area (Å²) < 4.78 is 0. The number of hydrogen-bond acceptors (Lipinski definition) is 2. The third-order valence-corrected chi connectivity index (χ3v) is 3.10. The van der Waals surface area contributed by atoms with Gasteiger partial charge in [-0.05, 0) is 30.2 Å². The van der Waals surface area contributed by atoms with Gasteiger partial charge in [-0.25, -0.2) is 0 Å². The molecule has 2 rings (SSSR count). The molecule has 0 saturated carbocycles. The zero-order valence-electron chi connectivity index (χ0n) is 10.8. The highest BCUT2D eigenvalue weighted by molar-refractivity contribution is 5.83. The zero-order chi connectivity index (χ0) is 13.7. The summed E-state index contributed by atoms with van der Waals surface area (Å²) in [5, 5.41) is 12.1. The van der Waals surface area contributed by atoms with Crippen molar-refractivity contribution in [3.05, 3.63) is 65.7 Å². The first-order chi connectivity index (χ1) is 9.16. The summed E-state index contributed by atoms with van der Waals surface area (Å²) in [6.45, 7) is 2.36. The smallest absolute Gasteiger partial charge is 0.227 e. The van der Waals surface area contributed by atoms with Crippen LogP contribution in [0.2, 0.25) is 0 Å². The average molecular weight is 255 g/mol. The maximum absolute atomic E-state index is 12.0. The summed E-state index contributed by atoms with van der Waals surface area (Å²) in [6.07, 6.45) is 0. The number of phenols is 1. The van der Waals surface area contributed by atoms with E-state index in [4.69, 9.17) is 0 Å². The highest BCUT2D eigenvalue weighted by Crippen LogP contribution is 2.15. The number of rotatable bonds is 4. The first-order valence-electron chi connectivity index (χ1n) is 6.27. The van der Waals surface area contributed by atoms with Crippen LogP contribution < -0.4 is 5.32 Å². The first kappa shape index (κ1) is 13.1. The molecule has 0 bridgehead atoms. The number of hydrogen-bond donors (Lipinski definition) is 2. The Morgan fingerprint density at radius 2 is 1.74 bits per heavy atom. The molecular weight excluding hydrogens is 238 g/mol. The lowest BCUT2D eigenvalue weighted by Gasteiger charge is -2.12. The number of phenolic OH excluding ortho intramolecular Hbond substituents is 1. The van der Waals surface area contributed by atoms with E-state index in [9.17, 15) is 9.90 Å². The number of carbonyl (C=O) groups is 1. The van der Waals surface area contributed by atoms with E-state index >= 15 is 0 Å². The molecule has 0 aromatic heterocycles. The van der Waals surface area contributed by atoms with Crippen molar-refractivity contribution in [3.63, 3.8) is 0 Å².